The maximum Gasteiger partial charge on any atom is 0.168 e. The van der Waals surface area contributed by atoms with E-state index in [1.54, 1.807) is 0 Å². The van der Waals surface area contributed by atoms with Gasteiger partial charge in [0.05, 0.1) is 0 Å². The fraction of sp³-hybridized carbons (Fsp3) is 0.556. The number of nitrogens with one attached hydrogen (secondary N) is 1. The Balaban J connectivity index is 2.12. The highest BCUT2D eigenvalue weighted by Gasteiger charge is 2.18. The topological polar surface area (TPSA) is 21.3 Å². The van der Waals surface area contributed by atoms with Crippen LogP contribution in [0.1, 0.15) is 19.3 Å². The van der Waals surface area contributed by atoms with E-state index in [-0.39, 0.29) is 0 Å². The Hall–Kier alpha value is -0.760. The van der Waals surface area contributed by atoms with E-state index in [0.29, 0.717) is 12.5 Å². The van der Waals surface area contributed by atoms with Crippen LogP contribution in [0.2, 0.25) is 1.41 Å². The van der Waals surface area contributed by atoms with E-state index >= 15 is 0 Å². The van der Waals surface area contributed by atoms with Crippen LogP contribution in [0, 0.1) is 5.92 Å². The second-order valence-corrected chi connectivity index (χ2v) is 3.02. The molecule has 1 aliphatic carbocycles. The summed E-state index contributed by atoms with van der Waals surface area (Å²) in [6.45, 7) is 0.716. The zero-order valence-corrected chi connectivity index (χ0v) is 6.49. The van der Waals surface area contributed by atoms with E-state index < -0.39 is 0 Å². The van der Waals surface area contributed by atoms with Crippen LogP contribution >= 0.6 is 0 Å². The molecule has 0 radical (unpaired) electrons. The minimum Gasteiger partial charge on any atom is -0.413 e. The standard InChI is InChI=1S/C9H13NO/c1-2-6-9-8(4-1)5-3-7-10-11-9/h1-2,6,8,10H,3-5,7H2/i/hD. The molecule has 1 saturated heterocycles. The van der Waals surface area contributed by atoms with Crippen molar-refractivity contribution in [3.05, 3.63) is 24.0 Å². The van der Waals surface area contributed by atoms with E-state index in [9.17, 15) is 0 Å². The van der Waals surface area contributed by atoms with Gasteiger partial charge in [-0.3, -0.25) is 0 Å². The summed E-state index contributed by atoms with van der Waals surface area (Å²) >= 11 is 0. The predicted molar refractivity (Wildman–Crippen MR) is 43.7 cm³/mol. The van der Waals surface area contributed by atoms with E-state index in [0.717, 1.165) is 25.0 Å². The molecule has 1 heterocycles. The molecular weight excluding hydrogens is 138 g/mol. The van der Waals surface area contributed by atoms with Crippen molar-refractivity contribution in [2.45, 2.75) is 19.3 Å². The number of hydrogen-bond donors (Lipinski definition) is 1. The first-order chi connectivity index (χ1) is 5.86. The first-order valence-corrected chi connectivity index (χ1v) is 4.17. The van der Waals surface area contributed by atoms with Gasteiger partial charge in [0.1, 0.15) is 5.76 Å². The van der Waals surface area contributed by atoms with Gasteiger partial charge < -0.3 is 4.84 Å². The number of fused-ring (bicyclic) bond motifs is 1. The Morgan fingerprint density at radius 3 is 3.73 bits per heavy atom. The first kappa shape index (κ1) is 5.84. The van der Waals surface area contributed by atoms with Crippen LogP contribution in [-0.4, -0.2) is 6.54 Å². The molecule has 11 heavy (non-hydrogen) atoms. The van der Waals surface area contributed by atoms with Crippen LogP contribution in [0.5, 0.6) is 0 Å². The number of hydroxylamine groups is 1. The molecular formula is C9H13NO. The van der Waals surface area contributed by atoms with Crippen LogP contribution in [0.25, 0.3) is 0 Å². The third-order valence-corrected chi connectivity index (χ3v) is 2.19. The molecule has 2 heteroatoms. The maximum absolute atomic E-state index is 7.38. The van der Waals surface area contributed by atoms with Gasteiger partial charge in [-0.25, -0.2) is 0 Å². The molecule has 1 unspecified atom stereocenters. The van der Waals surface area contributed by atoms with Gasteiger partial charge in [-0.1, -0.05) is 12.2 Å². The van der Waals surface area contributed by atoms with Gasteiger partial charge in [0.25, 0.3) is 0 Å². The third-order valence-electron chi connectivity index (χ3n) is 2.19. The molecule has 2 nitrogen and oxygen atoms in total. The molecule has 0 amide bonds. The number of allylic oxidation sites excluding steroid dienone is 4. The van der Waals surface area contributed by atoms with E-state index in [4.69, 9.17) is 6.25 Å². The van der Waals surface area contributed by atoms with Crippen LogP contribution in [0.3, 0.4) is 0 Å². The highest BCUT2D eigenvalue weighted by atomic mass is 16.6. The SMILES string of the molecule is [2H]N1CCCC2CC=CC=C2O1. The van der Waals surface area contributed by atoms with Gasteiger partial charge >= 0.3 is 0 Å². The molecule has 2 rings (SSSR count). The predicted octanol–water partition coefficient (Wildman–Crippen LogP) is 1.76. The van der Waals surface area contributed by atoms with Gasteiger partial charge in [-0.15, -0.1) is 0 Å². The normalized spacial score (nSPS) is 32.9. The summed E-state index contributed by atoms with van der Waals surface area (Å²) in [6, 6.07) is 0. The summed E-state index contributed by atoms with van der Waals surface area (Å²) in [5.74, 6) is 1.48. The minimum atomic E-state index is 0.519. The Labute approximate surface area is 68.3 Å². The molecule has 0 aromatic heterocycles. The molecule has 0 aromatic rings. The Morgan fingerprint density at radius 2 is 2.73 bits per heavy atom. The summed E-state index contributed by atoms with van der Waals surface area (Å²) in [5.41, 5.74) is 1.19. The summed E-state index contributed by atoms with van der Waals surface area (Å²) in [6.07, 6.45) is 9.41. The minimum absolute atomic E-state index is 0.519. The molecule has 0 aromatic carbocycles. The van der Waals surface area contributed by atoms with Crippen molar-refractivity contribution in [1.29, 1.82) is 0 Å². The quantitative estimate of drug-likeness (QED) is 0.571. The zero-order chi connectivity index (χ0) is 8.39. The Morgan fingerprint density at radius 1 is 1.73 bits per heavy atom. The van der Waals surface area contributed by atoms with Crippen molar-refractivity contribution < 1.29 is 6.25 Å². The van der Waals surface area contributed by atoms with Crippen molar-refractivity contribution in [3.63, 3.8) is 0 Å². The molecule has 1 atom stereocenters. The highest BCUT2D eigenvalue weighted by molar-refractivity contribution is 5.16. The molecule has 60 valence electrons. The zero-order valence-electron chi connectivity index (χ0n) is 7.49. The van der Waals surface area contributed by atoms with Crippen molar-refractivity contribution >= 4 is 0 Å². The van der Waals surface area contributed by atoms with Gasteiger partial charge in [-0.05, 0) is 25.3 Å². The monoisotopic (exact) mass is 152 g/mol. The van der Waals surface area contributed by atoms with Gasteiger partial charge in [0.15, 0.2) is 1.41 Å². The second-order valence-electron chi connectivity index (χ2n) is 3.02. The maximum atomic E-state index is 7.38. The summed E-state index contributed by atoms with van der Waals surface area (Å²) < 4.78 is 7.38. The van der Waals surface area contributed by atoms with E-state index in [1.807, 2.05) is 12.2 Å². The first-order valence-electron chi connectivity index (χ1n) is 4.62. The Kier molecular flexibility index (Phi) is 1.64. The van der Waals surface area contributed by atoms with Crippen LogP contribution in [0.4, 0.5) is 0 Å². The van der Waals surface area contributed by atoms with Crippen molar-refractivity contribution in [3.8, 4) is 0 Å². The fourth-order valence-electron chi connectivity index (χ4n) is 1.55. The van der Waals surface area contributed by atoms with Gasteiger partial charge in [0.2, 0.25) is 0 Å². The lowest BCUT2D eigenvalue weighted by atomic mass is 9.94. The van der Waals surface area contributed by atoms with Gasteiger partial charge in [0, 0.05) is 12.5 Å². The molecule has 0 saturated carbocycles. The van der Waals surface area contributed by atoms with Crippen molar-refractivity contribution in [1.82, 2.24) is 5.47 Å². The molecule has 1 N–H and O–H groups in total. The fourth-order valence-corrected chi connectivity index (χ4v) is 1.55. The lowest BCUT2D eigenvalue weighted by Crippen LogP contribution is -2.14. The molecule has 0 spiro atoms. The van der Waals surface area contributed by atoms with Crippen LogP contribution in [0.15, 0.2) is 24.0 Å². The van der Waals surface area contributed by atoms with E-state index in [2.05, 4.69) is 6.08 Å². The molecule has 1 aliphatic heterocycles. The largest absolute Gasteiger partial charge is 0.413 e. The van der Waals surface area contributed by atoms with E-state index in [1.165, 1.54) is 5.47 Å². The van der Waals surface area contributed by atoms with Crippen molar-refractivity contribution in [2.75, 3.05) is 6.54 Å². The molecule has 1 fully saturated rings. The van der Waals surface area contributed by atoms with Crippen molar-refractivity contribution in [2.24, 2.45) is 5.92 Å². The summed E-state index contributed by atoms with van der Waals surface area (Å²) in [7, 11) is 0. The summed E-state index contributed by atoms with van der Waals surface area (Å²) in [4.78, 5) is 5.33. The molecule has 0 bridgehead atoms. The van der Waals surface area contributed by atoms with Gasteiger partial charge in [-0.2, -0.15) is 5.47 Å². The smallest absolute Gasteiger partial charge is 0.168 e. The van der Waals surface area contributed by atoms with Crippen LogP contribution in [-0.2, 0) is 4.84 Å². The number of hydrogen-bond acceptors (Lipinski definition) is 2. The lowest BCUT2D eigenvalue weighted by Gasteiger charge is -2.16. The second kappa shape index (κ2) is 3.09. The lowest BCUT2D eigenvalue weighted by molar-refractivity contribution is 0.0973. The average Bonchev–Trinajstić information content (AvgIpc) is 2.25. The molecule has 2 aliphatic rings. The third kappa shape index (κ3) is 1.46. The summed E-state index contributed by atoms with van der Waals surface area (Å²) in [5, 5.41) is 0. The highest BCUT2D eigenvalue weighted by Crippen LogP contribution is 2.26. The number of rotatable bonds is 0. The van der Waals surface area contributed by atoms with Crippen LogP contribution < -0.4 is 5.47 Å². The Bertz CT molecular complexity index is 225. The average molecular weight is 152 g/mol.